The fraction of sp³-hybridized carbons (Fsp3) is 0.389. The van der Waals surface area contributed by atoms with Crippen LogP contribution < -0.4 is 15.6 Å². The lowest BCUT2D eigenvalue weighted by atomic mass is 10.1. The van der Waals surface area contributed by atoms with E-state index in [0.717, 1.165) is 43.7 Å². The van der Waals surface area contributed by atoms with Crippen LogP contribution in [0.15, 0.2) is 41.8 Å². The van der Waals surface area contributed by atoms with Crippen molar-refractivity contribution in [1.82, 2.24) is 19.9 Å². The Morgan fingerprint density at radius 1 is 1.36 bits per heavy atom. The molecule has 6 nitrogen and oxygen atoms in total. The Labute approximate surface area is 151 Å². The highest BCUT2D eigenvalue weighted by atomic mass is 35.5. The predicted molar refractivity (Wildman–Crippen MR) is 98.8 cm³/mol. The maximum absolute atomic E-state index is 5.94. The smallest absolute Gasteiger partial charge is 0.224 e. The quantitative estimate of drug-likeness (QED) is 0.850. The molecule has 0 bridgehead atoms. The zero-order valence-electron chi connectivity index (χ0n) is 14.2. The van der Waals surface area contributed by atoms with E-state index in [-0.39, 0.29) is 0 Å². The van der Waals surface area contributed by atoms with Gasteiger partial charge in [-0.2, -0.15) is 0 Å². The summed E-state index contributed by atoms with van der Waals surface area (Å²) < 4.78 is 0. The number of nitrogens with one attached hydrogen (secondary N) is 1. The minimum Gasteiger partial charge on any atom is -0.372 e. The van der Waals surface area contributed by atoms with E-state index in [2.05, 4.69) is 48.9 Å². The van der Waals surface area contributed by atoms with E-state index in [1.807, 2.05) is 18.5 Å². The first kappa shape index (κ1) is 16.1. The Bertz CT molecular complexity index is 902. The highest BCUT2D eigenvalue weighted by Gasteiger charge is 2.28. The van der Waals surface area contributed by atoms with Crippen molar-refractivity contribution in [3.05, 3.63) is 52.8 Å². The van der Waals surface area contributed by atoms with Gasteiger partial charge < -0.3 is 14.8 Å². The van der Waals surface area contributed by atoms with E-state index in [1.54, 1.807) is 6.20 Å². The number of anilines is 1. The number of H-pyrrole nitrogens is 1. The summed E-state index contributed by atoms with van der Waals surface area (Å²) in [5.41, 5.74) is 2.33. The minimum absolute atomic E-state index is 0.291. The topological polar surface area (TPSA) is 60.4 Å². The third-order valence-corrected chi connectivity index (χ3v) is 5.14. The third-order valence-electron chi connectivity index (χ3n) is 4.96. The number of fused-ring (bicyclic) bond motifs is 1. The molecule has 0 aliphatic carbocycles. The number of likely N-dealkylation sites (tertiary alicyclic amines) is 1. The average Bonchev–Trinajstić information content (AvgIpc) is 3.24. The Balaban J connectivity index is 1.59. The van der Waals surface area contributed by atoms with Gasteiger partial charge in [0.25, 0.3) is 0 Å². The molecule has 1 atom stereocenters. The highest BCUT2D eigenvalue weighted by molar-refractivity contribution is 6.28. The van der Waals surface area contributed by atoms with Gasteiger partial charge in [0.05, 0.1) is 0 Å². The summed E-state index contributed by atoms with van der Waals surface area (Å²) in [4.78, 5) is 20.8. The summed E-state index contributed by atoms with van der Waals surface area (Å²) in [6.45, 7) is 2.01. The molecule has 0 aromatic carbocycles. The van der Waals surface area contributed by atoms with Crippen LogP contribution in [-0.4, -0.2) is 46.0 Å². The van der Waals surface area contributed by atoms with Gasteiger partial charge in [0.15, 0.2) is 0 Å². The maximum atomic E-state index is 5.94. The van der Waals surface area contributed by atoms with Gasteiger partial charge in [0.1, 0.15) is 11.3 Å². The molecule has 4 heterocycles. The van der Waals surface area contributed by atoms with Gasteiger partial charge in [-0.3, -0.25) is 0 Å². The molecule has 0 saturated carbocycles. The number of allylic oxidation sites excluding steroid dienone is 1. The standard InChI is InChI=1S/C18H21ClN6/c1-24(16-6-10-22-18(19)23-16)13-7-11-25(12-13)15-4-2-3-8-20-17-14(15)5-9-21-17/h3,5-6,8-10,13H,2,4,7,11-12H2,1H3,(H,20,21). The molecular formula is C18H21ClN6. The Hall–Kier alpha value is -2.34. The summed E-state index contributed by atoms with van der Waals surface area (Å²) in [5, 5.41) is 1.51. The average molecular weight is 357 g/mol. The number of hydrogen-bond donors (Lipinski definition) is 1. The fourth-order valence-corrected chi connectivity index (χ4v) is 3.74. The minimum atomic E-state index is 0.291. The summed E-state index contributed by atoms with van der Waals surface area (Å²) in [6.07, 6.45) is 10.8. The van der Waals surface area contributed by atoms with Gasteiger partial charge in [-0.25, -0.2) is 15.0 Å². The number of hydrogen-bond acceptors (Lipinski definition) is 5. The predicted octanol–water partition coefficient (Wildman–Crippen LogP) is 1.70. The lowest BCUT2D eigenvalue weighted by Gasteiger charge is -2.27. The van der Waals surface area contributed by atoms with Crippen molar-refractivity contribution in [2.24, 2.45) is 4.99 Å². The second-order valence-electron chi connectivity index (χ2n) is 6.42. The van der Waals surface area contributed by atoms with Crippen LogP contribution in [-0.2, 0) is 0 Å². The van der Waals surface area contributed by atoms with Gasteiger partial charge in [-0.15, -0.1) is 0 Å². The molecule has 2 aromatic rings. The van der Waals surface area contributed by atoms with Crippen molar-refractivity contribution in [2.45, 2.75) is 25.3 Å². The number of aromatic amines is 1. The molecule has 7 heteroatoms. The van der Waals surface area contributed by atoms with Crippen molar-refractivity contribution in [2.75, 3.05) is 25.0 Å². The van der Waals surface area contributed by atoms with Crippen LogP contribution in [0.1, 0.15) is 19.3 Å². The molecule has 2 aliphatic heterocycles. The lowest BCUT2D eigenvalue weighted by Crippen LogP contribution is -2.37. The summed E-state index contributed by atoms with van der Waals surface area (Å²) >= 11 is 5.94. The number of nitrogens with zero attached hydrogens (tertiary/aromatic N) is 5. The molecule has 1 fully saturated rings. The lowest BCUT2D eigenvalue weighted by molar-refractivity contribution is 0.460. The molecule has 0 radical (unpaired) electrons. The monoisotopic (exact) mass is 356 g/mol. The molecule has 0 spiro atoms. The largest absolute Gasteiger partial charge is 0.372 e. The molecule has 1 unspecified atom stereocenters. The van der Waals surface area contributed by atoms with E-state index < -0.39 is 0 Å². The van der Waals surface area contributed by atoms with Crippen molar-refractivity contribution < 1.29 is 0 Å². The zero-order valence-corrected chi connectivity index (χ0v) is 14.9. The van der Waals surface area contributed by atoms with Crippen LogP contribution in [0, 0.1) is 0 Å². The Kier molecular flexibility index (Phi) is 4.44. The fourth-order valence-electron chi connectivity index (χ4n) is 3.60. The number of likely N-dealkylation sites (N-methyl/N-ethyl adjacent to an activating group) is 1. The first-order valence-electron chi connectivity index (χ1n) is 8.58. The summed E-state index contributed by atoms with van der Waals surface area (Å²) in [6, 6.07) is 4.44. The number of halogens is 1. The van der Waals surface area contributed by atoms with E-state index in [0.29, 0.717) is 11.3 Å². The Morgan fingerprint density at radius 3 is 3.16 bits per heavy atom. The molecule has 2 aliphatic rings. The number of rotatable bonds is 3. The van der Waals surface area contributed by atoms with Crippen LogP contribution in [0.4, 0.5) is 5.82 Å². The van der Waals surface area contributed by atoms with Crippen molar-refractivity contribution in [3.8, 4) is 0 Å². The SMILES string of the molecule is CN(c1ccnc(Cl)n1)C1CCN(C2=c3cc[nH]c3=NC=CCC2)C1. The van der Waals surface area contributed by atoms with Gasteiger partial charge in [0.2, 0.25) is 5.28 Å². The number of aromatic nitrogens is 3. The summed E-state index contributed by atoms with van der Waals surface area (Å²) in [7, 11) is 2.08. The van der Waals surface area contributed by atoms with E-state index in [4.69, 9.17) is 11.6 Å². The van der Waals surface area contributed by atoms with Crippen molar-refractivity contribution >= 4 is 23.1 Å². The van der Waals surface area contributed by atoms with E-state index in [9.17, 15) is 0 Å². The van der Waals surface area contributed by atoms with Gasteiger partial charge in [0, 0.05) is 55.7 Å². The second-order valence-corrected chi connectivity index (χ2v) is 6.76. The second kappa shape index (κ2) is 6.88. The van der Waals surface area contributed by atoms with Crippen LogP contribution in [0.3, 0.4) is 0 Å². The van der Waals surface area contributed by atoms with Gasteiger partial charge >= 0.3 is 0 Å². The molecule has 1 saturated heterocycles. The molecule has 1 N–H and O–H groups in total. The van der Waals surface area contributed by atoms with Crippen LogP contribution in [0.2, 0.25) is 5.28 Å². The van der Waals surface area contributed by atoms with Crippen LogP contribution in [0.5, 0.6) is 0 Å². The molecule has 25 heavy (non-hydrogen) atoms. The maximum Gasteiger partial charge on any atom is 0.224 e. The van der Waals surface area contributed by atoms with Crippen molar-refractivity contribution in [3.63, 3.8) is 0 Å². The van der Waals surface area contributed by atoms with Crippen LogP contribution in [0.25, 0.3) is 5.70 Å². The van der Waals surface area contributed by atoms with Gasteiger partial charge in [-0.1, -0.05) is 6.08 Å². The molecule has 4 rings (SSSR count). The van der Waals surface area contributed by atoms with Crippen molar-refractivity contribution in [1.29, 1.82) is 0 Å². The molecule has 2 aromatic heterocycles. The third kappa shape index (κ3) is 3.26. The van der Waals surface area contributed by atoms with Gasteiger partial charge in [-0.05, 0) is 43.0 Å². The first-order valence-corrected chi connectivity index (χ1v) is 8.96. The normalized spacial score (nSPS) is 20.0. The van der Waals surface area contributed by atoms with E-state index in [1.165, 1.54) is 10.9 Å². The summed E-state index contributed by atoms with van der Waals surface area (Å²) in [5.74, 6) is 0.870. The highest BCUT2D eigenvalue weighted by Crippen LogP contribution is 2.25. The molecule has 0 amide bonds. The van der Waals surface area contributed by atoms with Crippen LogP contribution >= 0.6 is 11.6 Å². The van der Waals surface area contributed by atoms with E-state index >= 15 is 0 Å². The first-order chi connectivity index (χ1) is 12.2. The molecular weight excluding hydrogens is 336 g/mol. The zero-order chi connectivity index (χ0) is 17.2. The molecule has 130 valence electrons. The Morgan fingerprint density at radius 2 is 2.28 bits per heavy atom.